The molecule has 1 fully saturated rings. The third kappa shape index (κ3) is 4.45. The van der Waals surface area contributed by atoms with Gasteiger partial charge in [-0.25, -0.2) is 0 Å². The Morgan fingerprint density at radius 3 is 2.19 bits per heavy atom. The van der Waals surface area contributed by atoms with E-state index >= 15 is 0 Å². The molecular formula is C13H19NO2. The Morgan fingerprint density at radius 2 is 1.75 bits per heavy atom. The van der Waals surface area contributed by atoms with Crippen molar-refractivity contribution in [2.75, 3.05) is 6.54 Å². The van der Waals surface area contributed by atoms with Crippen LogP contribution in [-0.4, -0.2) is 17.6 Å². The van der Waals surface area contributed by atoms with Crippen LogP contribution in [0.4, 0.5) is 0 Å². The second-order valence-electron chi connectivity index (χ2n) is 3.99. The van der Waals surface area contributed by atoms with E-state index in [2.05, 4.69) is 36.1 Å². The van der Waals surface area contributed by atoms with Crippen molar-refractivity contribution in [1.82, 2.24) is 0 Å². The fourth-order valence-electron chi connectivity index (χ4n) is 1.98. The topological polar surface area (TPSA) is 63.3 Å². The molecule has 0 unspecified atom stereocenters. The number of carboxylic acid groups (broad SMARTS) is 1. The third-order valence-corrected chi connectivity index (χ3v) is 2.80. The van der Waals surface area contributed by atoms with Crippen LogP contribution >= 0.6 is 0 Å². The van der Waals surface area contributed by atoms with Crippen LogP contribution in [0, 0.1) is 0 Å². The van der Waals surface area contributed by atoms with Gasteiger partial charge in [-0.05, 0) is 24.3 Å². The molecule has 0 radical (unpaired) electrons. The van der Waals surface area contributed by atoms with Crippen LogP contribution < -0.4 is 5.73 Å². The standard InChI is InChI=1S/C11H14.C2H5NO2/c1-2-6-10(7-3-1)11-8-4-5-9-11;3-1-2(4)5/h1-3,6-7,11H,4-5,8-9H2;1,3H2,(H,4,5). The summed E-state index contributed by atoms with van der Waals surface area (Å²) in [4.78, 5) is 9.24. The average Bonchev–Trinajstić information content (AvgIpc) is 2.84. The van der Waals surface area contributed by atoms with E-state index in [0.717, 1.165) is 5.92 Å². The molecule has 3 heteroatoms. The molecule has 0 heterocycles. The minimum Gasteiger partial charge on any atom is -0.480 e. The number of aliphatic carboxylic acids is 1. The smallest absolute Gasteiger partial charge is 0.317 e. The van der Waals surface area contributed by atoms with Gasteiger partial charge in [0.05, 0.1) is 6.54 Å². The highest BCUT2D eigenvalue weighted by Gasteiger charge is 2.15. The van der Waals surface area contributed by atoms with Gasteiger partial charge in [0.25, 0.3) is 0 Å². The molecule has 0 bridgehead atoms. The molecule has 16 heavy (non-hydrogen) atoms. The first-order valence-electron chi connectivity index (χ1n) is 5.71. The van der Waals surface area contributed by atoms with Crippen LogP contribution in [-0.2, 0) is 4.79 Å². The summed E-state index contributed by atoms with van der Waals surface area (Å²) in [5.74, 6) is -0.0961. The van der Waals surface area contributed by atoms with E-state index in [4.69, 9.17) is 5.11 Å². The number of carboxylic acids is 1. The number of rotatable bonds is 2. The van der Waals surface area contributed by atoms with Gasteiger partial charge in [-0.1, -0.05) is 43.2 Å². The minimum absolute atomic E-state index is 0.278. The maximum absolute atomic E-state index is 9.24. The van der Waals surface area contributed by atoms with Crippen LogP contribution in [0.2, 0.25) is 0 Å². The van der Waals surface area contributed by atoms with Gasteiger partial charge in [0.1, 0.15) is 0 Å². The van der Waals surface area contributed by atoms with Gasteiger partial charge in [0, 0.05) is 0 Å². The second kappa shape index (κ2) is 7.01. The summed E-state index contributed by atoms with van der Waals surface area (Å²) in [5.41, 5.74) is 6.12. The van der Waals surface area contributed by atoms with Gasteiger partial charge in [0.15, 0.2) is 0 Å². The van der Waals surface area contributed by atoms with Gasteiger partial charge in [-0.3, -0.25) is 4.79 Å². The van der Waals surface area contributed by atoms with Crippen molar-refractivity contribution in [3.05, 3.63) is 35.9 Å². The molecule has 0 atom stereocenters. The number of hydrogen-bond acceptors (Lipinski definition) is 2. The maximum Gasteiger partial charge on any atom is 0.317 e. The Hall–Kier alpha value is -1.35. The van der Waals surface area contributed by atoms with Gasteiger partial charge < -0.3 is 10.8 Å². The van der Waals surface area contributed by atoms with E-state index in [9.17, 15) is 4.79 Å². The molecule has 0 aliphatic heterocycles. The summed E-state index contributed by atoms with van der Waals surface area (Å²) in [6.45, 7) is -0.278. The van der Waals surface area contributed by atoms with E-state index < -0.39 is 5.97 Å². The van der Waals surface area contributed by atoms with Crippen molar-refractivity contribution >= 4 is 5.97 Å². The minimum atomic E-state index is -0.968. The lowest BCUT2D eigenvalue weighted by Gasteiger charge is -2.07. The summed E-state index contributed by atoms with van der Waals surface area (Å²) < 4.78 is 0. The van der Waals surface area contributed by atoms with E-state index in [-0.39, 0.29) is 6.54 Å². The van der Waals surface area contributed by atoms with Crippen molar-refractivity contribution in [3.63, 3.8) is 0 Å². The van der Waals surface area contributed by atoms with Crippen molar-refractivity contribution in [1.29, 1.82) is 0 Å². The van der Waals surface area contributed by atoms with Gasteiger partial charge in [0.2, 0.25) is 0 Å². The molecule has 1 aliphatic rings. The third-order valence-electron chi connectivity index (χ3n) is 2.80. The van der Waals surface area contributed by atoms with Crippen LogP contribution in [0.5, 0.6) is 0 Å². The Labute approximate surface area is 96.3 Å². The lowest BCUT2D eigenvalue weighted by molar-refractivity contribution is -0.135. The Bertz CT molecular complexity index is 305. The first-order chi connectivity index (χ1) is 7.74. The van der Waals surface area contributed by atoms with Gasteiger partial charge >= 0.3 is 5.97 Å². The van der Waals surface area contributed by atoms with Crippen LogP contribution in [0.25, 0.3) is 0 Å². The first kappa shape index (κ1) is 12.7. The predicted molar refractivity (Wildman–Crippen MR) is 64.3 cm³/mol. The molecule has 0 aromatic heterocycles. The molecule has 1 saturated carbocycles. The molecular weight excluding hydrogens is 202 g/mol. The van der Waals surface area contributed by atoms with Crippen molar-refractivity contribution in [2.24, 2.45) is 5.73 Å². The quantitative estimate of drug-likeness (QED) is 0.805. The van der Waals surface area contributed by atoms with Crippen molar-refractivity contribution < 1.29 is 9.90 Å². The summed E-state index contributed by atoms with van der Waals surface area (Å²) in [6, 6.07) is 10.9. The zero-order valence-corrected chi connectivity index (χ0v) is 9.43. The SMILES string of the molecule is NCC(=O)O.c1ccc(C2CCCC2)cc1. The maximum atomic E-state index is 9.24. The Morgan fingerprint density at radius 1 is 1.25 bits per heavy atom. The zero-order valence-electron chi connectivity index (χ0n) is 9.43. The van der Waals surface area contributed by atoms with Crippen LogP contribution in [0.15, 0.2) is 30.3 Å². The highest BCUT2D eigenvalue weighted by molar-refractivity contribution is 5.68. The zero-order chi connectivity index (χ0) is 11.8. The highest BCUT2D eigenvalue weighted by atomic mass is 16.4. The molecule has 1 aliphatic carbocycles. The summed E-state index contributed by atoms with van der Waals surface area (Å²) in [7, 11) is 0. The lowest BCUT2D eigenvalue weighted by Crippen LogP contribution is -2.10. The molecule has 0 saturated heterocycles. The molecule has 1 aromatic rings. The highest BCUT2D eigenvalue weighted by Crippen LogP contribution is 2.33. The van der Waals surface area contributed by atoms with E-state index in [1.165, 1.54) is 25.7 Å². The molecule has 0 amide bonds. The largest absolute Gasteiger partial charge is 0.480 e. The summed E-state index contributed by atoms with van der Waals surface area (Å²) in [6.07, 6.45) is 5.67. The van der Waals surface area contributed by atoms with Gasteiger partial charge in [-0.2, -0.15) is 0 Å². The van der Waals surface area contributed by atoms with Crippen molar-refractivity contribution in [2.45, 2.75) is 31.6 Å². The summed E-state index contributed by atoms with van der Waals surface area (Å²) >= 11 is 0. The fourth-order valence-corrected chi connectivity index (χ4v) is 1.98. The Kier molecular flexibility index (Phi) is 5.57. The lowest BCUT2D eigenvalue weighted by atomic mass is 9.98. The molecule has 2 rings (SSSR count). The number of nitrogens with two attached hydrogens (primary N) is 1. The Balaban J connectivity index is 0.000000221. The van der Waals surface area contributed by atoms with Crippen molar-refractivity contribution in [3.8, 4) is 0 Å². The molecule has 1 aromatic carbocycles. The number of carbonyl (C=O) groups is 1. The van der Waals surface area contributed by atoms with E-state index in [1.54, 1.807) is 5.56 Å². The number of hydrogen-bond donors (Lipinski definition) is 2. The van der Waals surface area contributed by atoms with E-state index in [1.807, 2.05) is 0 Å². The van der Waals surface area contributed by atoms with Gasteiger partial charge in [-0.15, -0.1) is 0 Å². The molecule has 0 spiro atoms. The predicted octanol–water partition coefficient (Wildman–Crippen LogP) is 2.37. The average molecular weight is 221 g/mol. The first-order valence-corrected chi connectivity index (χ1v) is 5.71. The molecule has 3 nitrogen and oxygen atoms in total. The molecule has 88 valence electrons. The van der Waals surface area contributed by atoms with Crippen LogP contribution in [0.3, 0.4) is 0 Å². The summed E-state index contributed by atoms with van der Waals surface area (Å²) in [5, 5.41) is 7.60. The fraction of sp³-hybridized carbons (Fsp3) is 0.462. The monoisotopic (exact) mass is 221 g/mol. The van der Waals surface area contributed by atoms with E-state index in [0.29, 0.717) is 0 Å². The molecule has 3 N–H and O–H groups in total. The second-order valence-corrected chi connectivity index (χ2v) is 3.99. The normalized spacial score (nSPS) is 15.3. The van der Waals surface area contributed by atoms with Crippen LogP contribution in [0.1, 0.15) is 37.2 Å². The number of benzene rings is 1.